The topological polar surface area (TPSA) is 106 Å². The van der Waals surface area contributed by atoms with Crippen molar-refractivity contribution in [3.8, 4) is 0 Å². The quantitative estimate of drug-likeness (QED) is 0.847. The van der Waals surface area contributed by atoms with Gasteiger partial charge in [0, 0.05) is 0 Å². The highest BCUT2D eigenvalue weighted by Gasteiger charge is 2.28. The molecule has 0 bridgehead atoms. The van der Waals surface area contributed by atoms with E-state index in [9.17, 15) is 16.8 Å². The monoisotopic (exact) mass is 338 g/mol. The van der Waals surface area contributed by atoms with Crippen molar-refractivity contribution in [1.29, 1.82) is 0 Å². The fraction of sp³-hybridized carbons (Fsp3) is 0.455. The maximum absolute atomic E-state index is 11.9. The van der Waals surface area contributed by atoms with E-state index >= 15 is 0 Å². The van der Waals surface area contributed by atoms with Gasteiger partial charge in [-0.25, -0.2) is 22.0 Å². The van der Waals surface area contributed by atoms with Crippen molar-refractivity contribution < 1.29 is 16.8 Å². The van der Waals surface area contributed by atoms with Crippen LogP contribution < -0.4 is 9.86 Å². The normalized spacial score (nSPS) is 16.1. The van der Waals surface area contributed by atoms with Crippen LogP contribution in [0.3, 0.4) is 0 Å². The lowest BCUT2D eigenvalue weighted by Gasteiger charge is -2.13. The fourth-order valence-corrected chi connectivity index (χ4v) is 4.48. The summed E-state index contributed by atoms with van der Waals surface area (Å²) in [4.78, 5) is -0.148. The minimum absolute atomic E-state index is 0.00777. The Morgan fingerprint density at radius 2 is 1.90 bits per heavy atom. The first-order valence-corrected chi connectivity index (χ1v) is 9.49. The number of primary sulfonamides is 1. The number of sulfonamides is 2. The van der Waals surface area contributed by atoms with E-state index in [1.54, 1.807) is 6.92 Å². The smallest absolute Gasteiger partial charge is 0.238 e. The molecule has 1 aromatic carbocycles. The van der Waals surface area contributed by atoms with Crippen LogP contribution in [0.5, 0.6) is 0 Å². The molecule has 0 heterocycles. The Bertz CT molecular complexity index is 717. The van der Waals surface area contributed by atoms with Gasteiger partial charge in [0.2, 0.25) is 20.0 Å². The summed E-state index contributed by atoms with van der Waals surface area (Å²) in [7, 11) is -7.36. The summed E-state index contributed by atoms with van der Waals surface area (Å²) in [5.41, 5.74) is 0.598. The van der Waals surface area contributed by atoms with Gasteiger partial charge >= 0.3 is 0 Å². The second-order valence-corrected chi connectivity index (χ2v) is 8.70. The zero-order chi connectivity index (χ0) is 15.1. The predicted molar refractivity (Wildman–Crippen MR) is 77.7 cm³/mol. The number of hydrogen-bond acceptors (Lipinski definition) is 4. The molecule has 0 radical (unpaired) electrons. The van der Waals surface area contributed by atoms with Crippen LogP contribution in [-0.4, -0.2) is 22.6 Å². The van der Waals surface area contributed by atoms with Crippen LogP contribution in [0.25, 0.3) is 0 Å². The largest absolute Gasteiger partial charge is 0.282 e. The number of nitrogens with one attached hydrogen (secondary N) is 1. The van der Waals surface area contributed by atoms with Crippen LogP contribution in [0, 0.1) is 12.8 Å². The van der Waals surface area contributed by atoms with Gasteiger partial charge in [0.15, 0.2) is 0 Å². The minimum Gasteiger partial charge on any atom is -0.282 e. The number of nitrogens with two attached hydrogens (primary N) is 1. The molecular formula is C11H15ClN2O4S2. The van der Waals surface area contributed by atoms with E-state index in [1.807, 2.05) is 0 Å². The van der Waals surface area contributed by atoms with E-state index in [2.05, 4.69) is 4.72 Å². The molecule has 112 valence electrons. The van der Waals surface area contributed by atoms with E-state index in [-0.39, 0.29) is 27.3 Å². The van der Waals surface area contributed by atoms with E-state index in [1.165, 1.54) is 6.07 Å². The Kier molecular flexibility index (Phi) is 4.03. The van der Waals surface area contributed by atoms with Gasteiger partial charge < -0.3 is 0 Å². The average molecular weight is 339 g/mol. The van der Waals surface area contributed by atoms with Crippen molar-refractivity contribution in [2.24, 2.45) is 11.1 Å². The number of benzene rings is 1. The molecule has 0 unspecified atom stereocenters. The molecule has 1 fully saturated rings. The summed E-state index contributed by atoms with van der Waals surface area (Å²) >= 11 is 5.95. The molecule has 0 spiro atoms. The third-order valence-electron chi connectivity index (χ3n) is 3.00. The van der Waals surface area contributed by atoms with Gasteiger partial charge in [-0.05, 0) is 43.4 Å². The molecule has 0 atom stereocenters. The van der Waals surface area contributed by atoms with Crippen LogP contribution in [0.2, 0.25) is 5.02 Å². The van der Waals surface area contributed by atoms with Crippen LogP contribution in [-0.2, 0) is 20.0 Å². The molecule has 0 saturated heterocycles. The van der Waals surface area contributed by atoms with Crippen LogP contribution in [0.1, 0.15) is 18.4 Å². The minimum atomic E-state index is -3.88. The molecule has 9 heteroatoms. The second kappa shape index (κ2) is 5.18. The first-order chi connectivity index (χ1) is 9.08. The zero-order valence-electron chi connectivity index (χ0n) is 10.8. The van der Waals surface area contributed by atoms with E-state index < -0.39 is 20.0 Å². The molecule has 1 aliphatic rings. The summed E-state index contributed by atoms with van der Waals surface area (Å²) in [6, 6.07) is 2.43. The number of aryl methyl sites for hydroxylation is 1. The van der Waals surface area contributed by atoms with Gasteiger partial charge in [0.05, 0.1) is 21.4 Å². The molecular weight excluding hydrogens is 324 g/mol. The van der Waals surface area contributed by atoms with Gasteiger partial charge in [0.1, 0.15) is 0 Å². The molecule has 20 heavy (non-hydrogen) atoms. The Morgan fingerprint density at radius 3 is 2.35 bits per heavy atom. The molecule has 0 amide bonds. The molecule has 2 rings (SSSR count). The van der Waals surface area contributed by atoms with Crippen molar-refractivity contribution in [3.63, 3.8) is 0 Å². The average Bonchev–Trinajstić information content (AvgIpc) is 3.05. The molecule has 6 nitrogen and oxygen atoms in total. The Balaban J connectivity index is 2.33. The maximum Gasteiger partial charge on any atom is 0.238 e. The zero-order valence-corrected chi connectivity index (χ0v) is 13.1. The van der Waals surface area contributed by atoms with Gasteiger partial charge in [-0.3, -0.25) is 4.72 Å². The lowest BCUT2D eigenvalue weighted by Crippen LogP contribution is -2.19. The molecule has 1 aliphatic carbocycles. The highest BCUT2D eigenvalue weighted by atomic mass is 35.5. The van der Waals surface area contributed by atoms with Crippen molar-refractivity contribution in [2.75, 3.05) is 10.5 Å². The molecule has 1 saturated carbocycles. The summed E-state index contributed by atoms with van der Waals surface area (Å²) in [6.45, 7) is 1.57. The van der Waals surface area contributed by atoms with E-state index in [0.717, 1.165) is 18.9 Å². The maximum atomic E-state index is 11.9. The van der Waals surface area contributed by atoms with Gasteiger partial charge in [0.25, 0.3) is 0 Å². The first-order valence-electron chi connectivity index (χ1n) is 5.92. The summed E-state index contributed by atoms with van der Waals surface area (Å²) < 4.78 is 48.8. The Hall–Kier alpha value is -0.830. The Labute approximate surface area is 123 Å². The summed E-state index contributed by atoms with van der Waals surface area (Å²) in [5, 5.41) is 5.03. The number of halogens is 1. The summed E-state index contributed by atoms with van der Waals surface area (Å²) in [5.74, 6) is 0.259. The van der Waals surface area contributed by atoms with Gasteiger partial charge in [-0.2, -0.15) is 0 Å². The highest BCUT2D eigenvalue weighted by Crippen LogP contribution is 2.33. The standard InChI is InChI=1S/C11H15ClN2O4S2/c1-7-4-9(20(13,17)18)5-10(12)11(7)14-19(15,16)6-8-2-3-8/h4-5,8,14H,2-3,6H2,1H3,(H2,13,17,18). The third kappa shape index (κ3) is 3.85. The number of hydrogen-bond donors (Lipinski definition) is 2. The lowest BCUT2D eigenvalue weighted by molar-refractivity contribution is 0.596. The Morgan fingerprint density at radius 1 is 1.30 bits per heavy atom. The summed E-state index contributed by atoms with van der Waals surface area (Å²) in [6.07, 6.45) is 1.83. The fourth-order valence-electron chi connectivity index (χ4n) is 1.80. The molecule has 3 N–H and O–H groups in total. The number of anilines is 1. The van der Waals surface area contributed by atoms with Crippen molar-refractivity contribution in [2.45, 2.75) is 24.7 Å². The van der Waals surface area contributed by atoms with Crippen molar-refractivity contribution in [1.82, 2.24) is 0 Å². The predicted octanol–water partition coefficient (Wildman–Crippen LogP) is 1.45. The third-order valence-corrected chi connectivity index (χ3v) is 5.62. The molecule has 1 aromatic rings. The molecule has 0 aliphatic heterocycles. The van der Waals surface area contributed by atoms with E-state index in [0.29, 0.717) is 5.56 Å². The van der Waals surface area contributed by atoms with E-state index in [4.69, 9.17) is 16.7 Å². The number of rotatable bonds is 5. The second-order valence-electron chi connectivity index (χ2n) is 4.97. The molecule has 0 aromatic heterocycles. The van der Waals surface area contributed by atoms with Gasteiger partial charge in [-0.15, -0.1) is 0 Å². The highest BCUT2D eigenvalue weighted by molar-refractivity contribution is 7.92. The SMILES string of the molecule is Cc1cc(S(N)(=O)=O)cc(Cl)c1NS(=O)(=O)CC1CC1. The lowest BCUT2D eigenvalue weighted by atomic mass is 10.2. The first kappa shape index (κ1) is 15.6. The van der Waals surface area contributed by atoms with Crippen molar-refractivity contribution in [3.05, 3.63) is 22.7 Å². The van der Waals surface area contributed by atoms with Crippen LogP contribution in [0.4, 0.5) is 5.69 Å². The van der Waals surface area contributed by atoms with Crippen LogP contribution in [0.15, 0.2) is 17.0 Å². The van der Waals surface area contributed by atoms with Crippen LogP contribution >= 0.6 is 11.6 Å². The van der Waals surface area contributed by atoms with Crippen molar-refractivity contribution >= 4 is 37.3 Å². The van der Waals surface area contributed by atoms with Gasteiger partial charge in [-0.1, -0.05) is 11.6 Å².